The molecule has 0 atom stereocenters. The van der Waals surface area contributed by atoms with E-state index in [9.17, 15) is 14.0 Å². The first-order valence-electron chi connectivity index (χ1n) is 8.34. The van der Waals surface area contributed by atoms with Crippen molar-refractivity contribution in [1.29, 1.82) is 0 Å². The van der Waals surface area contributed by atoms with E-state index in [0.29, 0.717) is 11.4 Å². The zero-order valence-corrected chi connectivity index (χ0v) is 14.3. The molecule has 134 valence electrons. The Morgan fingerprint density at radius 3 is 2.36 bits per heavy atom. The molecule has 7 heteroatoms. The van der Waals surface area contributed by atoms with Gasteiger partial charge in [0.15, 0.2) is 5.57 Å². The average molecular weight is 348 g/mol. The standard InChI is InChI=1S/C18H21FN2O4/c1-18(2)24-16(22)13(17(23)25-18)11-20-12-6-7-15(14(19)10-12)21-8-4-3-5-9-21/h6-7,10-11,20H,3-5,8-9H2,1-2H3. The molecule has 3 rings (SSSR count). The number of ether oxygens (including phenoxy) is 2. The smallest absolute Gasteiger partial charge is 0.350 e. The third kappa shape index (κ3) is 3.92. The second kappa shape index (κ2) is 6.74. The van der Waals surface area contributed by atoms with Gasteiger partial charge in [-0.25, -0.2) is 14.0 Å². The van der Waals surface area contributed by atoms with Gasteiger partial charge in [0.25, 0.3) is 5.79 Å². The van der Waals surface area contributed by atoms with Gasteiger partial charge in [-0.15, -0.1) is 0 Å². The zero-order valence-electron chi connectivity index (χ0n) is 14.3. The number of piperidine rings is 1. The molecule has 2 heterocycles. The normalized spacial score (nSPS) is 20.0. The number of hydrogen-bond acceptors (Lipinski definition) is 6. The van der Waals surface area contributed by atoms with Crippen LogP contribution in [0.25, 0.3) is 0 Å². The second-order valence-electron chi connectivity index (χ2n) is 6.60. The van der Waals surface area contributed by atoms with Crippen LogP contribution in [0.1, 0.15) is 33.1 Å². The summed E-state index contributed by atoms with van der Waals surface area (Å²) in [5.41, 5.74) is 0.729. The van der Waals surface area contributed by atoms with Gasteiger partial charge >= 0.3 is 11.9 Å². The van der Waals surface area contributed by atoms with Gasteiger partial charge in [0.2, 0.25) is 0 Å². The molecule has 1 aromatic rings. The lowest BCUT2D eigenvalue weighted by molar-refractivity contribution is -0.222. The predicted molar refractivity (Wildman–Crippen MR) is 90.4 cm³/mol. The Morgan fingerprint density at radius 1 is 1.12 bits per heavy atom. The quantitative estimate of drug-likeness (QED) is 0.515. The number of nitrogens with zero attached hydrogens (tertiary/aromatic N) is 1. The molecule has 2 fully saturated rings. The van der Waals surface area contributed by atoms with Crippen molar-refractivity contribution in [1.82, 2.24) is 0 Å². The molecule has 25 heavy (non-hydrogen) atoms. The third-order valence-electron chi connectivity index (χ3n) is 4.14. The highest BCUT2D eigenvalue weighted by molar-refractivity contribution is 6.15. The van der Waals surface area contributed by atoms with Crippen LogP contribution in [0.4, 0.5) is 15.8 Å². The Hall–Kier alpha value is -2.57. The van der Waals surface area contributed by atoms with E-state index in [-0.39, 0.29) is 11.4 Å². The molecule has 0 amide bonds. The first-order valence-corrected chi connectivity index (χ1v) is 8.34. The third-order valence-corrected chi connectivity index (χ3v) is 4.14. The maximum Gasteiger partial charge on any atom is 0.350 e. The number of halogens is 1. The van der Waals surface area contributed by atoms with Crippen LogP contribution < -0.4 is 10.2 Å². The van der Waals surface area contributed by atoms with Crippen LogP contribution in [0.3, 0.4) is 0 Å². The van der Waals surface area contributed by atoms with Crippen LogP contribution in [0.5, 0.6) is 0 Å². The average Bonchev–Trinajstić information content (AvgIpc) is 2.54. The zero-order chi connectivity index (χ0) is 18.0. The number of benzene rings is 1. The molecule has 2 saturated heterocycles. The Labute approximate surface area is 145 Å². The van der Waals surface area contributed by atoms with Gasteiger partial charge in [-0.1, -0.05) is 0 Å². The molecule has 2 aliphatic heterocycles. The molecule has 0 spiro atoms. The fourth-order valence-corrected chi connectivity index (χ4v) is 2.92. The Balaban J connectivity index is 1.72. The van der Waals surface area contributed by atoms with E-state index >= 15 is 0 Å². The number of hydrogen-bond donors (Lipinski definition) is 1. The second-order valence-corrected chi connectivity index (χ2v) is 6.60. The highest BCUT2D eigenvalue weighted by Gasteiger charge is 2.38. The molecule has 0 unspecified atom stereocenters. The molecule has 0 radical (unpaired) electrons. The molecule has 1 aromatic carbocycles. The van der Waals surface area contributed by atoms with Gasteiger partial charge in [0.05, 0.1) is 5.69 Å². The van der Waals surface area contributed by atoms with Gasteiger partial charge in [-0.2, -0.15) is 0 Å². The highest BCUT2D eigenvalue weighted by atomic mass is 19.1. The van der Waals surface area contributed by atoms with Gasteiger partial charge < -0.3 is 19.7 Å². The molecule has 2 aliphatic rings. The van der Waals surface area contributed by atoms with Crippen molar-refractivity contribution in [2.24, 2.45) is 0 Å². The van der Waals surface area contributed by atoms with E-state index in [1.165, 1.54) is 32.5 Å². The predicted octanol–water partition coefficient (Wildman–Crippen LogP) is 2.95. The van der Waals surface area contributed by atoms with Crippen molar-refractivity contribution in [2.45, 2.75) is 38.9 Å². The fraction of sp³-hybridized carbons (Fsp3) is 0.444. The lowest BCUT2D eigenvalue weighted by atomic mass is 10.1. The van der Waals surface area contributed by atoms with Gasteiger partial charge in [0.1, 0.15) is 5.82 Å². The minimum atomic E-state index is -1.28. The van der Waals surface area contributed by atoms with Crippen molar-refractivity contribution in [3.8, 4) is 0 Å². The van der Waals surface area contributed by atoms with Crippen LogP contribution in [0.15, 0.2) is 30.0 Å². The Kier molecular flexibility index (Phi) is 4.65. The summed E-state index contributed by atoms with van der Waals surface area (Å²) in [4.78, 5) is 25.7. The van der Waals surface area contributed by atoms with Crippen LogP contribution in [-0.2, 0) is 19.1 Å². The van der Waals surface area contributed by atoms with Crippen LogP contribution in [0, 0.1) is 5.82 Å². The Morgan fingerprint density at radius 2 is 1.76 bits per heavy atom. The first kappa shape index (κ1) is 17.3. The number of rotatable bonds is 3. The summed E-state index contributed by atoms with van der Waals surface area (Å²) in [7, 11) is 0. The lowest BCUT2D eigenvalue weighted by Crippen LogP contribution is -2.42. The molecule has 1 N–H and O–H groups in total. The molecule has 0 aromatic heterocycles. The molecule has 0 saturated carbocycles. The molecule has 6 nitrogen and oxygen atoms in total. The van der Waals surface area contributed by atoms with Crippen LogP contribution in [0.2, 0.25) is 0 Å². The molecule has 0 bridgehead atoms. The minimum absolute atomic E-state index is 0.264. The van der Waals surface area contributed by atoms with E-state index < -0.39 is 17.7 Å². The summed E-state index contributed by atoms with van der Waals surface area (Å²) in [5.74, 6) is -3.19. The van der Waals surface area contributed by atoms with Crippen LogP contribution >= 0.6 is 0 Å². The molecular formula is C18H21FN2O4. The largest absolute Gasteiger partial charge is 0.419 e. The number of esters is 2. The summed E-state index contributed by atoms with van der Waals surface area (Å²) >= 11 is 0. The first-order chi connectivity index (χ1) is 11.9. The molecule has 0 aliphatic carbocycles. The summed E-state index contributed by atoms with van der Waals surface area (Å²) in [5, 5.41) is 2.75. The van der Waals surface area contributed by atoms with Gasteiger partial charge in [0, 0.05) is 38.8 Å². The van der Waals surface area contributed by atoms with Crippen molar-refractivity contribution in [3.05, 3.63) is 35.8 Å². The van der Waals surface area contributed by atoms with Gasteiger partial charge in [-0.05, 0) is 37.5 Å². The van der Waals surface area contributed by atoms with E-state index in [2.05, 4.69) is 5.32 Å². The number of anilines is 2. The number of carbonyl (C=O) groups is 2. The van der Waals surface area contributed by atoms with Crippen molar-refractivity contribution >= 4 is 23.3 Å². The number of carbonyl (C=O) groups excluding carboxylic acids is 2. The van der Waals surface area contributed by atoms with E-state index in [0.717, 1.165) is 25.9 Å². The van der Waals surface area contributed by atoms with Crippen molar-refractivity contribution < 1.29 is 23.5 Å². The monoisotopic (exact) mass is 348 g/mol. The van der Waals surface area contributed by atoms with Crippen LogP contribution in [-0.4, -0.2) is 30.8 Å². The summed E-state index contributed by atoms with van der Waals surface area (Å²) in [6, 6.07) is 4.74. The summed E-state index contributed by atoms with van der Waals surface area (Å²) in [6.07, 6.45) is 4.47. The van der Waals surface area contributed by atoms with E-state index in [4.69, 9.17) is 9.47 Å². The Bertz CT molecular complexity index is 702. The maximum atomic E-state index is 14.4. The summed E-state index contributed by atoms with van der Waals surface area (Å²) < 4.78 is 24.4. The van der Waals surface area contributed by atoms with E-state index in [1.807, 2.05) is 4.90 Å². The van der Waals surface area contributed by atoms with Crippen molar-refractivity contribution in [2.75, 3.05) is 23.3 Å². The van der Waals surface area contributed by atoms with Crippen molar-refractivity contribution in [3.63, 3.8) is 0 Å². The SMILES string of the molecule is CC1(C)OC(=O)C(=CNc2ccc(N3CCCCC3)c(F)c2)C(=O)O1. The number of cyclic esters (lactones) is 2. The summed E-state index contributed by atoms with van der Waals surface area (Å²) in [6.45, 7) is 4.64. The topological polar surface area (TPSA) is 67.9 Å². The lowest BCUT2D eigenvalue weighted by Gasteiger charge is -2.30. The maximum absolute atomic E-state index is 14.4. The van der Waals surface area contributed by atoms with E-state index in [1.54, 1.807) is 12.1 Å². The molecular weight excluding hydrogens is 327 g/mol. The minimum Gasteiger partial charge on any atom is -0.419 e. The van der Waals surface area contributed by atoms with Gasteiger partial charge in [-0.3, -0.25) is 0 Å². The number of nitrogens with one attached hydrogen (secondary N) is 1. The highest BCUT2D eigenvalue weighted by Crippen LogP contribution is 2.26. The fourth-order valence-electron chi connectivity index (χ4n) is 2.92.